The fraction of sp³-hybridized carbons (Fsp3) is 0.208. The predicted molar refractivity (Wildman–Crippen MR) is 122 cm³/mol. The Labute approximate surface area is 203 Å². The number of anilines is 2. The van der Waals surface area contributed by atoms with Gasteiger partial charge in [0.15, 0.2) is 5.75 Å². The van der Waals surface area contributed by atoms with E-state index in [1.54, 1.807) is 37.3 Å². The summed E-state index contributed by atoms with van der Waals surface area (Å²) in [4.78, 5) is 32.4. The van der Waals surface area contributed by atoms with Gasteiger partial charge in [0.05, 0.1) is 22.5 Å². The average molecular weight is 517 g/mol. The molecule has 3 aromatic rings. The molecule has 2 aromatic carbocycles. The first kappa shape index (κ1) is 23.8. The third-order valence-corrected chi connectivity index (χ3v) is 7.81. The molecule has 1 saturated carbocycles. The zero-order chi connectivity index (χ0) is 25.9. The zero-order valence-corrected chi connectivity index (χ0v) is 19.5. The molecule has 2 heterocycles. The number of urea groups is 1. The second-order valence-electron chi connectivity index (χ2n) is 8.49. The number of imide groups is 1. The van der Waals surface area contributed by atoms with Crippen molar-refractivity contribution in [3.8, 4) is 11.5 Å². The number of carbonyl (C=O) groups excluding carboxylic acids is 2. The maximum atomic E-state index is 13.6. The summed E-state index contributed by atoms with van der Waals surface area (Å²) in [5, 5.41) is 0. The van der Waals surface area contributed by atoms with Crippen molar-refractivity contribution in [1.29, 1.82) is 0 Å². The van der Waals surface area contributed by atoms with E-state index >= 15 is 0 Å². The van der Waals surface area contributed by atoms with Gasteiger partial charge in [-0.25, -0.2) is 18.1 Å². The molecular weight excluding hydrogens is 499 g/mol. The molecule has 2 fully saturated rings. The van der Waals surface area contributed by atoms with Crippen LogP contribution in [0.5, 0.6) is 11.5 Å². The number of hydrogen-bond acceptors (Lipinski definition) is 6. The number of rotatable bonds is 5. The van der Waals surface area contributed by atoms with Gasteiger partial charge in [-0.2, -0.15) is 13.2 Å². The van der Waals surface area contributed by atoms with Crippen LogP contribution in [0.3, 0.4) is 0 Å². The number of sulfone groups is 1. The first-order chi connectivity index (χ1) is 17.0. The number of hydrogen-bond donors (Lipinski definition) is 0. The molecule has 0 N–H and O–H groups in total. The van der Waals surface area contributed by atoms with Crippen LogP contribution in [0.25, 0.3) is 0 Å². The summed E-state index contributed by atoms with van der Waals surface area (Å²) in [7, 11) is -5.57. The molecule has 186 valence electrons. The van der Waals surface area contributed by atoms with Gasteiger partial charge < -0.3 is 4.74 Å². The van der Waals surface area contributed by atoms with Crippen molar-refractivity contribution in [3.05, 3.63) is 73.1 Å². The van der Waals surface area contributed by atoms with Gasteiger partial charge in [0.2, 0.25) is 0 Å². The average Bonchev–Trinajstić information content (AvgIpc) is 3.46. The molecule has 8 nitrogen and oxygen atoms in total. The maximum Gasteiger partial charge on any atom is 0.501 e. The number of pyridine rings is 1. The Morgan fingerprint density at radius 2 is 1.67 bits per heavy atom. The normalized spacial score (nSPS) is 21.8. The molecule has 2 atom stereocenters. The van der Waals surface area contributed by atoms with Gasteiger partial charge in [0.25, 0.3) is 15.7 Å². The lowest BCUT2D eigenvalue weighted by molar-refractivity contribution is -0.119. The second kappa shape index (κ2) is 8.05. The predicted octanol–water partition coefficient (Wildman–Crippen LogP) is 4.92. The van der Waals surface area contributed by atoms with Gasteiger partial charge in [-0.1, -0.05) is 25.1 Å². The number of alkyl halides is 3. The van der Waals surface area contributed by atoms with Crippen molar-refractivity contribution in [2.75, 3.05) is 9.80 Å². The molecule has 0 radical (unpaired) electrons. The Bertz CT molecular complexity index is 1460. The highest BCUT2D eigenvalue weighted by Crippen LogP contribution is 2.56. The number of ether oxygens (including phenoxy) is 1. The van der Waals surface area contributed by atoms with E-state index in [2.05, 4.69) is 4.98 Å². The number of aromatic nitrogens is 1. The first-order valence-electron chi connectivity index (χ1n) is 10.8. The standard InChI is InChI=1S/C24H18F3N3O5S/c1-15-13-23(15)21(31)29(16-7-9-18(10-8-16)36(33,34)24(25,26)27)22(32)30(23)19-11-12-28-14-20(19)35-17-5-3-2-4-6-17/h2-12,14-15H,13H2,1H3. The van der Waals surface area contributed by atoms with Crippen molar-refractivity contribution >= 4 is 33.2 Å². The number of benzene rings is 2. The van der Waals surface area contributed by atoms with E-state index in [0.717, 1.165) is 29.2 Å². The Morgan fingerprint density at radius 3 is 2.25 bits per heavy atom. The van der Waals surface area contributed by atoms with Gasteiger partial charge in [0.1, 0.15) is 11.3 Å². The molecule has 2 unspecified atom stereocenters. The Hall–Kier alpha value is -3.93. The van der Waals surface area contributed by atoms with Gasteiger partial charge in [-0.05, 0) is 54.8 Å². The van der Waals surface area contributed by atoms with E-state index in [4.69, 9.17) is 4.74 Å². The fourth-order valence-electron chi connectivity index (χ4n) is 4.37. The summed E-state index contributed by atoms with van der Waals surface area (Å²) in [6.45, 7) is 1.81. The highest BCUT2D eigenvalue weighted by atomic mass is 32.2. The van der Waals surface area contributed by atoms with Crippen LogP contribution in [0.15, 0.2) is 78.0 Å². The molecule has 1 aliphatic carbocycles. The highest BCUT2D eigenvalue weighted by molar-refractivity contribution is 7.92. The monoisotopic (exact) mass is 517 g/mol. The molecular formula is C24H18F3N3O5S. The maximum absolute atomic E-state index is 13.6. The van der Waals surface area contributed by atoms with Crippen molar-refractivity contribution in [2.24, 2.45) is 5.92 Å². The smallest absolute Gasteiger partial charge is 0.454 e. The van der Waals surface area contributed by atoms with E-state index < -0.39 is 37.7 Å². The molecule has 1 aliphatic heterocycles. The molecule has 3 amide bonds. The molecule has 2 aliphatic rings. The van der Waals surface area contributed by atoms with Crippen LogP contribution < -0.4 is 14.5 Å². The van der Waals surface area contributed by atoms with Crippen LogP contribution in [0, 0.1) is 5.92 Å². The molecule has 0 bridgehead atoms. The summed E-state index contributed by atoms with van der Waals surface area (Å²) < 4.78 is 68.0. The lowest BCUT2D eigenvalue weighted by Crippen LogP contribution is -2.39. The van der Waals surface area contributed by atoms with Crippen LogP contribution in [-0.4, -0.2) is 36.4 Å². The SMILES string of the molecule is CC1CC12C(=O)N(c1ccc(S(=O)(=O)C(F)(F)F)cc1)C(=O)N2c1ccncc1Oc1ccccc1. The summed E-state index contributed by atoms with van der Waals surface area (Å²) in [6.07, 6.45) is 3.23. The van der Waals surface area contributed by atoms with Gasteiger partial charge >= 0.3 is 11.5 Å². The summed E-state index contributed by atoms with van der Waals surface area (Å²) in [6, 6.07) is 13.0. The second-order valence-corrected chi connectivity index (χ2v) is 10.4. The van der Waals surface area contributed by atoms with E-state index in [9.17, 15) is 31.2 Å². The lowest BCUT2D eigenvalue weighted by Gasteiger charge is -2.24. The minimum atomic E-state index is -5.57. The summed E-state index contributed by atoms with van der Waals surface area (Å²) >= 11 is 0. The Morgan fingerprint density at radius 1 is 1.03 bits per heavy atom. The molecule has 1 spiro atoms. The van der Waals surface area contributed by atoms with E-state index in [0.29, 0.717) is 17.9 Å². The number of carbonyl (C=O) groups is 2. The number of para-hydroxylation sites is 1. The molecule has 1 saturated heterocycles. The van der Waals surface area contributed by atoms with Gasteiger partial charge in [0, 0.05) is 6.20 Å². The summed E-state index contributed by atoms with van der Waals surface area (Å²) in [5.74, 6) is -0.0480. The molecule has 36 heavy (non-hydrogen) atoms. The third kappa shape index (κ3) is 3.51. The topological polar surface area (TPSA) is 96.9 Å². The van der Waals surface area contributed by atoms with Crippen molar-refractivity contribution in [3.63, 3.8) is 0 Å². The van der Waals surface area contributed by atoms with Crippen LogP contribution in [0.2, 0.25) is 0 Å². The van der Waals surface area contributed by atoms with Crippen LogP contribution in [-0.2, 0) is 14.6 Å². The third-order valence-electron chi connectivity index (χ3n) is 6.31. The molecule has 5 rings (SSSR count). The minimum absolute atomic E-state index is 0.0494. The van der Waals surface area contributed by atoms with Gasteiger partial charge in [-0.15, -0.1) is 0 Å². The summed E-state index contributed by atoms with van der Waals surface area (Å²) in [5.41, 5.74) is -6.43. The molecule has 12 heteroatoms. The van der Waals surface area contributed by atoms with E-state index in [1.807, 2.05) is 6.07 Å². The van der Waals surface area contributed by atoms with Crippen LogP contribution >= 0.6 is 0 Å². The minimum Gasteiger partial charge on any atom is -0.454 e. The lowest BCUT2D eigenvalue weighted by atomic mass is 10.1. The van der Waals surface area contributed by atoms with E-state index in [-0.39, 0.29) is 17.4 Å². The number of amides is 3. The zero-order valence-electron chi connectivity index (χ0n) is 18.6. The number of halogens is 3. The van der Waals surface area contributed by atoms with Crippen molar-refractivity contribution < 1.29 is 35.9 Å². The van der Waals surface area contributed by atoms with Gasteiger partial charge in [-0.3, -0.25) is 14.7 Å². The largest absolute Gasteiger partial charge is 0.501 e. The fourth-order valence-corrected chi connectivity index (χ4v) is 5.13. The van der Waals surface area contributed by atoms with Crippen molar-refractivity contribution in [2.45, 2.75) is 29.3 Å². The molecule has 1 aromatic heterocycles. The quantitative estimate of drug-likeness (QED) is 0.446. The highest BCUT2D eigenvalue weighted by Gasteiger charge is 2.71. The van der Waals surface area contributed by atoms with Crippen LogP contribution in [0.4, 0.5) is 29.3 Å². The Kier molecular flexibility index (Phi) is 5.32. The van der Waals surface area contributed by atoms with E-state index in [1.165, 1.54) is 17.3 Å². The Balaban J connectivity index is 1.53. The first-order valence-corrected chi connectivity index (χ1v) is 12.2. The van der Waals surface area contributed by atoms with Crippen LogP contribution in [0.1, 0.15) is 13.3 Å². The van der Waals surface area contributed by atoms with Crippen molar-refractivity contribution in [1.82, 2.24) is 4.98 Å². The number of nitrogens with zero attached hydrogens (tertiary/aromatic N) is 3.